The third-order valence-electron chi connectivity index (χ3n) is 3.48. The van der Waals surface area contributed by atoms with Gasteiger partial charge in [-0.05, 0) is 30.5 Å². The number of hydrogen-bond donors (Lipinski definition) is 0. The zero-order chi connectivity index (χ0) is 14.6. The van der Waals surface area contributed by atoms with E-state index < -0.39 is 10.0 Å². The van der Waals surface area contributed by atoms with Crippen molar-refractivity contribution in [2.45, 2.75) is 12.8 Å². The molecule has 1 unspecified atom stereocenters. The molecule has 0 aliphatic carbocycles. The monoisotopic (exact) mass is 298 g/mol. The van der Waals surface area contributed by atoms with Crippen molar-refractivity contribution < 1.29 is 17.9 Å². The smallest absolute Gasteiger partial charge is 0.310 e. The predicted molar refractivity (Wildman–Crippen MR) is 73.4 cm³/mol. The van der Waals surface area contributed by atoms with Crippen LogP contribution in [0.4, 0.5) is 0 Å². The van der Waals surface area contributed by atoms with Gasteiger partial charge in [0.15, 0.2) is 0 Å². The molecule has 0 N–H and O–H groups in total. The van der Waals surface area contributed by atoms with Gasteiger partial charge in [-0.1, -0.05) is 0 Å². The quantitative estimate of drug-likeness (QED) is 0.738. The number of nitrogens with zero attached hydrogens (tertiary/aromatic N) is 2. The molecule has 1 aliphatic heterocycles. The summed E-state index contributed by atoms with van der Waals surface area (Å²) in [6.07, 6.45) is 4.27. The molecule has 110 valence electrons. The molecule has 2 heterocycles. The Labute approximate surface area is 118 Å². The van der Waals surface area contributed by atoms with Crippen LogP contribution >= 0.6 is 0 Å². The number of esters is 1. The number of aryl methyl sites for hydroxylation is 1. The van der Waals surface area contributed by atoms with E-state index in [4.69, 9.17) is 0 Å². The number of carbonyl (C=O) groups excluding carboxylic acids is 1. The molecule has 0 saturated carbocycles. The Morgan fingerprint density at radius 2 is 2.15 bits per heavy atom. The summed E-state index contributed by atoms with van der Waals surface area (Å²) in [5.74, 6) is -0.627. The van der Waals surface area contributed by atoms with Gasteiger partial charge in [0.05, 0.1) is 18.8 Å². The van der Waals surface area contributed by atoms with E-state index in [2.05, 4.69) is 9.72 Å². The first-order valence-corrected chi connectivity index (χ1v) is 8.08. The fourth-order valence-corrected chi connectivity index (χ4v) is 3.81. The lowest BCUT2D eigenvalue weighted by atomic mass is 10.1. The van der Waals surface area contributed by atoms with Gasteiger partial charge in [-0.2, -0.15) is 0 Å². The van der Waals surface area contributed by atoms with Crippen LogP contribution in [0, 0.1) is 5.92 Å². The summed E-state index contributed by atoms with van der Waals surface area (Å²) in [5.41, 5.74) is 0.937. The molecule has 0 radical (unpaired) electrons. The Morgan fingerprint density at radius 1 is 1.45 bits per heavy atom. The highest BCUT2D eigenvalue weighted by Gasteiger charge is 2.35. The van der Waals surface area contributed by atoms with Crippen molar-refractivity contribution in [3.63, 3.8) is 0 Å². The molecule has 6 nitrogen and oxygen atoms in total. The first-order valence-electron chi connectivity index (χ1n) is 6.47. The van der Waals surface area contributed by atoms with Gasteiger partial charge in [-0.25, -0.2) is 12.7 Å². The zero-order valence-electron chi connectivity index (χ0n) is 11.4. The Kier molecular flexibility index (Phi) is 4.72. The van der Waals surface area contributed by atoms with Crippen LogP contribution in [0.5, 0.6) is 0 Å². The highest BCUT2D eigenvalue weighted by Crippen LogP contribution is 2.21. The Balaban J connectivity index is 1.93. The van der Waals surface area contributed by atoms with Crippen LogP contribution in [0.15, 0.2) is 24.5 Å². The largest absolute Gasteiger partial charge is 0.469 e. The van der Waals surface area contributed by atoms with E-state index in [1.807, 2.05) is 0 Å². The van der Waals surface area contributed by atoms with E-state index >= 15 is 0 Å². The number of pyridine rings is 1. The molecule has 0 aromatic carbocycles. The SMILES string of the molecule is COC(=O)C1CCN(S(=O)(=O)CCc2ccncc2)C1. The summed E-state index contributed by atoms with van der Waals surface area (Å²) in [4.78, 5) is 15.3. The molecule has 0 amide bonds. The molecule has 1 aromatic heterocycles. The fraction of sp³-hybridized carbons (Fsp3) is 0.538. The average Bonchev–Trinajstić information content (AvgIpc) is 2.96. The standard InChI is InChI=1S/C13H18N2O4S/c1-19-13(16)12-4-8-15(10-12)20(17,18)9-5-11-2-6-14-7-3-11/h2-3,6-7,12H,4-5,8-10H2,1H3. The van der Waals surface area contributed by atoms with Gasteiger partial charge in [0.1, 0.15) is 0 Å². The minimum atomic E-state index is -3.33. The van der Waals surface area contributed by atoms with Gasteiger partial charge in [0, 0.05) is 25.5 Å². The van der Waals surface area contributed by atoms with Crippen molar-refractivity contribution >= 4 is 16.0 Å². The number of carbonyl (C=O) groups is 1. The molecule has 20 heavy (non-hydrogen) atoms. The topological polar surface area (TPSA) is 76.6 Å². The van der Waals surface area contributed by atoms with Gasteiger partial charge in [0.25, 0.3) is 0 Å². The van der Waals surface area contributed by atoms with E-state index in [-0.39, 0.29) is 24.2 Å². The van der Waals surface area contributed by atoms with Gasteiger partial charge < -0.3 is 4.74 Å². The molecule has 1 fully saturated rings. The highest BCUT2D eigenvalue weighted by molar-refractivity contribution is 7.89. The fourth-order valence-electron chi connectivity index (χ4n) is 2.27. The van der Waals surface area contributed by atoms with Gasteiger partial charge >= 0.3 is 5.97 Å². The van der Waals surface area contributed by atoms with Crippen molar-refractivity contribution in [3.8, 4) is 0 Å². The van der Waals surface area contributed by atoms with Crippen molar-refractivity contribution in [1.29, 1.82) is 0 Å². The summed E-state index contributed by atoms with van der Waals surface area (Å²) in [6, 6.07) is 3.60. The minimum absolute atomic E-state index is 0.0465. The number of aromatic nitrogens is 1. The van der Waals surface area contributed by atoms with Crippen molar-refractivity contribution in [2.24, 2.45) is 5.92 Å². The summed E-state index contributed by atoms with van der Waals surface area (Å²) in [5, 5.41) is 0. The summed E-state index contributed by atoms with van der Waals surface area (Å²) >= 11 is 0. The van der Waals surface area contributed by atoms with Crippen LogP contribution in [0.2, 0.25) is 0 Å². The molecule has 7 heteroatoms. The van der Waals surface area contributed by atoms with E-state index in [9.17, 15) is 13.2 Å². The van der Waals surface area contributed by atoms with Gasteiger partial charge in [-0.15, -0.1) is 0 Å². The maximum absolute atomic E-state index is 12.2. The molecule has 0 spiro atoms. The van der Waals surface area contributed by atoms with Crippen LogP contribution in [-0.2, 0) is 26.0 Å². The lowest BCUT2D eigenvalue weighted by Crippen LogP contribution is -2.32. The Hall–Kier alpha value is -1.47. The highest BCUT2D eigenvalue weighted by atomic mass is 32.2. The van der Waals surface area contributed by atoms with E-state index in [0.717, 1.165) is 5.56 Å². The molecule has 0 bridgehead atoms. The Bertz CT molecular complexity index is 559. The minimum Gasteiger partial charge on any atom is -0.469 e. The number of sulfonamides is 1. The van der Waals surface area contributed by atoms with E-state index in [1.165, 1.54) is 11.4 Å². The third-order valence-corrected chi connectivity index (χ3v) is 5.32. The summed E-state index contributed by atoms with van der Waals surface area (Å²) in [6.45, 7) is 0.615. The predicted octanol–water partition coefficient (Wildman–Crippen LogP) is 0.449. The second kappa shape index (κ2) is 6.32. The number of methoxy groups -OCH3 is 1. The first kappa shape index (κ1) is 14.9. The van der Waals surface area contributed by atoms with Gasteiger partial charge in [-0.3, -0.25) is 9.78 Å². The summed E-state index contributed by atoms with van der Waals surface area (Å²) in [7, 11) is -2.01. The number of hydrogen-bond acceptors (Lipinski definition) is 5. The Morgan fingerprint density at radius 3 is 2.80 bits per heavy atom. The lowest BCUT2D eigenvalue weighted by Gasteiger charge is -2.16. The molecular formula is C13H18N2O4S. The van der Waals surface area contributed by atoms with E-state index in [0.29, 0.717) is 19.4 Å². The normalized spacial score (nSPS) is 19.9. The maximum atomic E-state index is 12.2. The van der Waals surface area contributed by atoms with Crippen molar-refractivity contribution in [3.05, 3.63) is 30.1 Å². The second-order valence-corrected chi connectivity index (χ2v) is 6.88. The average molecular weight is 298 g/mol. The molecule has 1 saturated heterocycles. The molecule has 2 rings (SSSR count). The number of ether oxygens (including phenoxy) is 1. The van der Waals surface area contributed by atoms with E-state index in [1.54, 1.807) is 24.5 Å². The molecule has 1 aromatic rings. The summed E-state index contributed by atoms with van der Waals surface area (Å²) < 4.78 is 30.5. The van der Waals surface area contributed by atoms with Crippen LogP contribution in [0.1, 0.15) is 12.0 Å². The zero-order valence-corrected chi connectivity index (χ0v) is 12.2. The van der Waals surface area contributed by atoms with Crippen LogP contribution in [-0.4, -0.2) is 49.6 Å². The number of rotatable bonds is 5. The van der Waals surface area contributed by atoms with Crippen LogP contribution in [0.25, 0.3) is 0 Å². The lowest BCUT2D eigenvalue weighted by molar-refractivity contribution is -0.144. The van der Waals surface area contributed by atoms with Crippen molar-refractivity contribution in [1.82, 2.24) is 9.29 Å². The molecular weight excluding hydrogens is 280 g/mol. The second-order valence-electron chi connectivity index (χ2n) is 4.79. The van der Waals surface area contributed by atoms with Crippen molar-refractivity contribution in [2.75, 3.05) is 26.0 Å². The maximum Gasteiger partial charge on any atom is 0.310 e. The first-order chi connectivity index (χ1) is 9.53. The molecule has 1 aliphatic rings. The van der Waals surface area contributed by atoms with Crippen LogP contribution in [0.3, 0.4) is 0 Å². The third kappa shape index (κ3) is 3.55. The van der Waals surface area contributed by atoms with Gasteiger partial charge in [0.2, 0.25) is 10.0 Å². The molecule has 1 atom stereocenters. The van der Waals surface area contributed by atoms with Crippen LogP contribution < -0.4 is 0 Å².